The van der Waals surface area contributed by atoms with Gasteiger partial charge in [0, 0.05) is 6.07 Å². The third-order valence-corrected chi connectivity index (χ3v) is 2.52. The number of hydrogen-bond donors (Lipinski definition) is 2. The van der Waals surface area contributed by atoms with Crippen molar-refractivity contribution in [3.8, 4) is 11.6 Å². The number of pyridine rings is 1. The molecule has 0 amide bonds. The van der Waals surface area contributed by atoms with E-state index in [1.165, 1.54) is 0 Å². The van der Waals surface area contributed by atoms with Gasteiger partial charge in [-0.25, -0.2) is 5.84 Å². The Kier molecular flexibility index (Phi) is 3.80. The van der Waals surface area contributed by atoms with E-state index in [2.05, 4.69) is 10.4 Å². The van der Waals surface area contributed by atoms with Gasteiger partial charge in [-0.05, 0) is 25.1 Å². The molecule has 7 heteroatoms. The van der Waals surface area contributed by atoms with Crippen LogP contribution in [-0.4, -0.2) is 4.98 Å². The third kappa shape index (κ3) is 3.39. The van der Waals surface area contributed by atoms with Crippen LogP contribution < -0.4 is 16.0 Å². The van der Waals surface area contributed by atoms with Crippen LogP contribution in [0.4, 0.5) is 19.0 Å². The first kappa shape index (κ1) is 14.1. The molecule has 2 rings (SSSR count). The van der Waals surface area contributed by atoms with E-state index in [9.17, 15) is 13.2 Å². The smallest absolute Gasteiger partial charge is 0.416 e. The van der Waals surface area contributed by atoms with E-state index in [0.717, 1.165) is 17.7 Å². The van der Waals surface area contributed by atoms with E-state index in [1.807, 2.05) is 6.92 Å². The summed E-state index contributed by atoms with van der Waals surface area (Å²) in [6.45, 7) is 1.89. The number of ether oxygens (including phenoxy) is 1. The fourth-order valence-electron chi connectivity index (χ4n) is 1.52. The van der Waals surface area contributed by atoms with Gasteiger partial charge in [-0.1, -0.05) is 17.7 Å². The second kappa shape index (κ2) is 5.38. The summed E-state index contributed by atoms with van der Waals surface area (Å²) in [5.74, 6) is 5.20. The van der Waals surface area contributed by atoms with E-state index < -0.39 is 11.7 Å². The number of aryl methyl sites for hydroxylation is 1. The lowest BCUT2D eigenvalue weighted by Gasteiger charge is -2.11. The molecule has 2 aromatic rings. The van der Waals surface area contributed by atoms with Crippen molar-refractivity contribution in [3.05, 3.63) is 47.5 Å². The molecule has 0 aliphatic heterocycles. The molecular weight excluding hydrogens is 271 g/mol. The Bertz CT molecular complexity index is 597. The molecule has 0 saturated heterocycles. The summed E-state index contributed by atoms with van der Waals surface area (Å²) in [6, 6.07) is 8.48. The molecule has 1 aromatic heterocycles. The van der Waals surface area contributed by atoms with Crippen molar-refractivity contribution in [2.45, 2.75) is 13.1 Å². The monoisotopic (exact) mass is 283 g/mol. The van der Waals surface area contributed by atoms with Crippen molar-refractivity contribution in [1.82, 2.24) is 4.98 Å². The number of rotatable bonds is 3. The maximum Gasteiger partial charge on any atom is 0.416 e. The van der Waals surface area contributed by atoms with Crippen molar-refractivity contribution < 1.29 is 17.9 Å². The molecule has 0 aliphatic rings. The molecule has 1 heterocycles. The Morgan fingerprint density at radius 3 is 2.35 bits per heavy atom. The van der Waals surface area contributed by atoms with Gasteiger partial charge in [0.25, 0.3) is 0 Å². The van der Waals surface area contributed by atoms with Gasteiger partial charge in [0.1, 0.15) is 11.6 Å². The summed E-state index contributed by atoms with van der Waals surface area (Å²) < 4.78 is 43.5. The van der Waals surface area contributed by atoms with Gasteiger partial charge < -0.3 is 10.2 Å². The second-order valence-corrected chi connectivity index (χ2v) is 4.14. The number of hydrazine groups is 1. The van der Waals surface area contributed by atoms with Crippen LogP contribution in [0.2, 0.25) is 0 Å². The van der Waals surface area contributed by atoms with Crippen molar-refractivity contribution in [1.29, 1.82) is 0 Å². The fraction of sp³-hybridized carbons (Fsp3) is 0.154. The lowest BCUT2D eigenvalue weighted by molar-refractivity contribution is -0.137. The van der Waals surface area contributed by atoms with Crippen LogP contribution >= 0.6 is 0 Å². The summed E-state index contributed by atoms with van der Waals surface area (Å²) in [5, 5.41) is 0. The molecule has 3 N–H and O–H groups in total. The van der Waals surface area contributed by atoms with Gasteiger partial charge in [0.15, 0.2) is 0 Å². The topological polar surface area (TPSA) is 60.2 Å². The summed E-state index contributed by atoms with van der Waals surface area (Å²) in [6.07, 6.45) is -4.50. The lowest BCUT2D eigenvalue weighted by atomic mass is 10.2. The number of alkyl halides is 3. The maximum absolute atomic E-state index is 12.7. The van der Waals surface area contributed by atoms with Crippen LogP contribution in [0, 0.1) is 6.92 Å². The molecule has 0 unspecified atom stereocenters. The Morgan fingerprint density at radius 1 is 1.15 bits per heavy atom. The lowest BCUT2D eigenvalue weighted by Crippen LogP contribution is -2.12. The number of aromatic nitrogens is 1. The molecule has 0 saturated carbocycles. The quantitative estimate of drug-likeness (QED) is 0.668. The van der Waals surface area contributed by atoms with Crippen LogP contribution in [0.3, 0.4) is 0 Å². The molecular formula is C13H12F3N3O. The first-order valence-corrected chi connectivity index (χ1v) is 5.69. The van der Waals surface area contributed by atoms with Crippen molar-refractivity contribution in [2.75, 3.05) is 5.43 Å². The predicted octanol–water partition coefficient (Wildman–Crippen LogP) is 3.49. The van der Waals surface area contributed by atoms with Gasteiger partial charge in [-0.3, -0.25) is 0 Å². The van der Waals surface area contributed by atoms with Crippen molar-refractivity contribution >= 4 is 5.82 Å². The highest BCUT2D eigenvalue weighted by molar-refractivity contribution is 5.43. The normalized spacial score (nSPS) is 11.2. The standard InChI is InChI=1S/C13H12F3N3O/c1-8-2-4-10(5-3-8)20-12-7-9(13(14,15)16)6-11(18-12)19-17/h2-7H,17H2,1H3,(H,18,19). The SMILES string of the molecule is Cc1ccc(Oc2cc(C(F)(F)F)cc(NN)n2)cc1. The Balaban J connectivity index is 2.33. The first-order chi connectivity index (χ1) is 9.38. The fourth-order valence-corrected chi connectivity index (χ4v) is 1.52. The van der Waals surface area contributed by atoms with Gasteiger partial charge in [-0.2, -0.15) is 18.2 Å². The zero-order valence-electron chi connectivity index (χ0n) is 10.5. The van der Waals surface area contributed by atoms with Gasteiger partial charge >= 0.3 is 6.18 Å². The third-order valence-electron chi connectivity index (χ3n) is 2.52. The molecule has 106 valence electrons. The number of benzene rings is 1. The average molecular weight is 283 g/mol. The summed E-state index contributed by atoms with van der Waals surface area (Å²) in [7, 11) is 0. The minimum absolute atomic E-state index is 0.123. The van der Waals surface area contributed by atoms with Gasteiger partial charge in [0.2, 0.25) is 5.88 Å². The van der Waals surface area contributed by atoms with Crippen LogP contribution in [-0.2, 0) is 6.18 Å². The van der Waals surface area contributed by atoms with E-state index in [4.69, 9.17) is 10.6 Å². The molecule has 0 atom stereocenters. The highest BCUT2D eigenvalue weighted by Gasteiger charge is 2.32. The summed E-state index contributed by atoms with van der Waals surface area (Å²) in [4.78, 5) is 3.82. The Hall–Kier alpha value is -2.28. The van der Waals surface area contributed by atoms with Crippen LogP contribution in [0.5, 0.6) is 11.6 Å². The summed E-state index contributed by atoms with van der Waals surface area (Å²) >= 11 is 0. The second-order valence-electron chi connectivity index (χ2n) is 4.14. The highest BCUT2D eigenvalue weighted by atomic mass is 19.4. The molecule has 0 fully saturated rings. The number of hydrogen-bond acceptors (Lipinski definition) is 4. The van der Waals surface area contributed by atoms with Gasteiger partial charge in [0.05, 0.1) is 5.56 Å². The van der Waals surface area contributed by atoms with Crippen molar-refractivity contribution in [2.24, 2.45) is 5.84 Å². The zero-order valence-corrected chi connectivity index (χ0v) is 10.5. The van der Waals surface area contributed by atoms with E-state index in [-0.39, 0.29) is 11.7 Å². The number of nitrogens with one attached hydrogen (secondary N) is 1. The Labute approximate surface area is 113 Å². The molecule has 4 nitrogen and oxygen atoms in total. The van der Waals surface area contributed by atoms with Crippen LogP contribution in [0.25, 0.3) is 0 Å². The van der Waals surface area contributed by atoms with Crippen LogP contribution in [0.1, 0.15) is 11.1 Å². The number of nitrogens with zero attached hydrogens (tertiary/aromatic N) is 1. The van der Waals surface area contributed by atoms with Crippen molar-refractivity contribution in [3.63, 3.8) is 0 Å². The number of anilines is 1. The minimum atomic E-state index is -4.50. The van der Waals surface area contributed by atoms with E-state index in [0.29, 0.717) is 5.75 Å². The first-order valence-electron chi connectivity index (χ1n) is 5.69. The zero-order chi connectivity index (χ0) is 14.8. The predicted molar refractivity (Wildman–Crippen MR) is 68.3 cm³/mol. The maximum atomic E-state index is 12.7. The van der Waals surface area contributed by atoms with E-state index >= 15 is 0 Å². The molecule has 0 spiro atoms. The molecule has 0 radical (unpaired) electrons. The molecule has 0 bridgehead atoms. The molecule has 0 aliphatic carbocycles. The Morgan fingerprint density at radius 2 is 1.80 bits per heavy atom. The largest absolute Gasteiger partial charge is 0.439 e. The van der Waals surface area contributed by atoms with Crippen LogP contribution in [0.15, 0.2) is 36.4 Å². The average Bonchev–Trinajstić information content (AvgIpc) is 2.40. The molecule has 1 aromatic carbocycles. The number of nitrogens with two attached hydrogens (primary N) is 1. The highest BCUT2D eigenvalue weighted by Crippen LogP contribution is 2.33. The molecule has 20 heavy (non-hydrogen) atoms. The minimum Gasteiger partial charge on any atom is -0.439 e. The summed E-state index contributed by atoms with van der Waals surface area (Å²) in [5.41, 5.74) is 2.21. The number of halogens is 3. The number of nitrogen functional groups attached to an aromatic ring is 1. The van der Waals surface area contributed by atoms with E-state index in [1.54, 1.807) is 24.3 Å². The van der Waals surface area contributed by atoms with Gasteiger partial charge in [-0.15, -0.1) is 0 Å².